The van der Waals surface area contributed by atoms with Gasteiger partial charge in [0.1, 0.15) is 17.8 Å². The first-order valence-electron chi connectivity index (χ1n) is 22.0. The highest BCUT2D eigenvalue weighted by Gasteiger charge is 2.42. The van der Waals surface area contributed by atoms with Gasteiger partial charge in [-0.3, -0.25) is 0 Å². The minimum absolute atomic E-state index is 0.0771. The molecule has 6 rings (SSSR count). The van der Waals surface area contributed by atoms with E-state index in [9.17, 15) is 0 Å². The summed E-state index contributed by atoms with van der Waals surface area (Å²) in [4.78, 5) is 12.6. The zero-order valence-corrected chi connectivity index (χ0v) is 35.4. The summed E-state index contributed by atoms with van der Waals surface area (Å²) in [6, 6.07) is 25.4. The highest BCUT2D eigenvalue weighted by atomic mass is 15.3. The molecule has 3 aromatic rings. The Balaban J connectivity index is 1.32. The summed E-state index contributed by atoms with van der Waals surface area (Å²) in [7, 11) is 2.14. The minimum atomic E-state index is -0.0973. The molecule has 0 bridgehead atoms. The van der Waals surface area contributed by atoms with Gasteiger partial charge in [-0.1, -0.05) is 185 Å². The average Bonchev–Trinajstić information content (AvgIpc) is 3.46. The number of nitrogens with zero attached hydrogens (tertiary/aromatic N) is 3. The number of amidine groups is 2. The Hall–Kier alpha value is -3.92. The SMILES string of the molecule is CCCCCCCCC1(CCCCCCCC)c2cc(CC)ccc2-c2ccc(C3=CC=C(C4N=C(CC(C)(C)C)N=C(c5ccccc5)N4C)CN3)cc21. The van der Waals surface area contributed by atoms with Crippen molar-refractivity contribution >= 4 is 17.4 Å². The molecule has 1 atom stereocenters. The Kier molecular flexibility index (Phi) is 13.9. The van der Waals surface area contributed by atoms with Crippen LogP contribution in [0.25, 0.3) is 16.8 Å². The molecule has 0 amide bonds. The number of allylic oxidation sites excluding steroid dienone is 2. The first-order valence-corrected chi connectivity index (χ1v) is 22.0. The zero-order valence-electron chi connectivity index (χ0n) is 35.4. The van der Waals surface area contributed by atoms with Crippen molar-refractivity contribution in [2.45, 2.75) is 156 Å². The highest BCUT2D eigenvalue weighted by molar-refractivity contribution is 6.08. The van der Waals surface area contributed by atoms with E-state index in [0.717, 1.165) is 36.6 Å². The Morgan fingerprint density at radius 2 is 1.33 bits per heavy atom. The van der Waals surface area contributed by atoms with Gasteiger partial charge in [0.25, 0.3) is 0 Å². The summed E-state index contributed by atoms with van der Waals surface area (Å²) < 4.78 is 0. The van der Waals surface area contributed by atoms with Crippen molar-refractivity contribution in [3.63, 3.8) is 0 Å². The standard InChI is InChI=1S/C51H70N4/c1-8-11-13-15-17-22-32-51(33-23-18-16-14-12-9-2)44-34-38(10-3)26-29-42(44)43-30-27-40(35-45(43)51)46-31-28-41(37-52-46)49-54-47(36-50(4,5)6)53-48(55(49)7)39-24-20-19-21-25-39/h19-21,24-31,34-35,49,52H,8-18,22-23,32-33,36-37H2,1-7H3. The van der Waals surface area contributed by atoms with Crippen LogP contribution < -0.4 is 5.32 Å². The first-order chi connectivity index (χ1) is 26.7. The van der Waals surface area contributed by atoms with E-state index < -0.39 is 0 Å². The number of aliphatic imine (C=N–C) groups is 2. The van der Waals surface area contributed by atoms with Crippen LogP contribution >= 0.6 is 0 Å². The molecule has 0 aromatic heterocycles. The van der Waals surface area contributed by atoms with Crippen LogP contribution in [0.4, 0.5) is 0 Å². The van der Waals surface area contributed by atoms with Gasteiger partial charge < -0.3 is 10.2 Å². The highest BCUT2D eigenvalue weighted by Crippen LogP contribution is 2.55. The van der Waals surface area contributed by atoms with Crippen molar-refractivity contribution < 1.29 is 0 Å². The van der Waals surface area contributed by atoms with E-state index in [4.69, 9.17) is 9.98 Å². The van der Waals surface area contributed by atoms with E-state index in [1.807, 2.05) is 0 Å². The van der Waals surface area contributed by atoms with E-state index in [1.54, 1.807) is 11.1 Å². The van der Waals surface area contributed by atoms with Crippen LogP contribution in [-0.2, 0) is 11.8 Å². The van der Waals surface area contributed by atoms with Crippen molar-refractivity contribution in [2.75, 3.05) is 13.6 Å². The lowest BCUT2D eigenvalue weighted by molar-refractivity contribution is 0.395. The second kappa shape index (κ2) is 18.8. The zero-order chi connectivity index (χ0) is 38.8. The van der Waals surface area contributed by atoms with Gasteiger partial charge in [0.2, 0.25) is 0 Å². The Bertz CT molecular complexity index is 1840. The normalized spacial score (nSPS) is 17.5. The third-order valence-corrected chi connectivity index (χ3v) is 12.3. The molecule has 55 heavy (non-hydrogen) atoms. The van der Waals surface area contributed by atoms with Crippen LogP contribution in [0.5, 0.6) is 0 Å². The molecule has 1 aliphatic carbocycles. The maximum atomic E-state index is 5.27. The van der Waals surface area contributed by atoms with Crippen LogP contribution in [-0.4, -0.2) is 36.3 Å². The van der Waals surface area contributed by atoms with E-state index in [2.05, 4.69) is 138 Å². The van der Waals surface area contributed by atoms with Gasteiger partial charge in [-0.25, -0.2) is 9.98 Å². The fraction of sp³-hybridized carbons (Fsp3) is 0.529. The largest absolute Gasteiger partial charge is 0.381 e. The summed E-state index contributed by atoms with van der Waals surface area (Å²) >= 11 is 0. The summed E-state index contributed by atoms with van der Waals surface area (Å²) in [5.74, 6) is 1.92. The molecule has 0 radical (unpaired) electrons. The molecule has 3 aromatic carbocycles. The van der Waals surface area contributed by atoms with E-state index in [0.29, 0.717) is 0 Å². The first kappa shape index (κ1) is 40.7. The number of fused-ring (bicyclic) bond motifs is 3. The third kappa shape index (κ3) is 9.73. The monoisotopic (exact) mass is 739 g/mol. The Labute approximate surface area is 334 Å². The number of aryl methyl sites for hydroxylation is 1. The topological polar surface area (TPSA) is 40.0 Å². The van der Waals surface area contributed by atoms with Crippen LogP contribution in [0.3, 0.4) is 0 Å². The molecule has 2 aliphatic heterocycles. The number of rotatable bonds is 19. The fourth-order valence-corrected chi connectivity index (χ4v) is 9.21. The van der Waals surface area contributed by atoms with Gasteiger partial charge in [0.05, 0.1) is 0 Å². The lowest BCUT2D eigenvalue weighted by atomic mass is 9.70. The number of nitrogens with one attached hydrogen (secondary N) is 1. The summed E-state index contributed by atoms with van der Waals surface area (Å²) in [6.45, 7) is 14.5. The molecule has 4 nitrogen and oxygen atoms in total. The molecule has 0 fully saturated rings. The van der Waals surface area contributed by atoms with Crippen molar-refractivity contribution in [1.82, 2.24) is 10.2 Å². The number of hydrogen-bond donors (Lipinski definition) is 1. The quantitative estimate of drug-likeness (QED) is 0.124. The summed E-state index contributed by atoms with van der Waals surface area (Å²) in [6.07, 6.45) is 25.0. The Morgan fingerprint density at radius 3 is 1.93 bits per heavy atom. The van der Waals surface area contributed by atoms with Crippen LogP contribution in [0.1, 0.15) is 166 Å². The van der Waals surface area contributed by atoms with E-state index >= 15 is 0 Å². The molecule has 3 aliphatic rings. The Morgan fingerprint density at radius 1 is 0.709 bits per heavy atom. The van der Waals surface area contributed by atoms with Gasteiger partial charge in [0, 0.05) is 36.7 Å². The smallest absolute Gasteiger partial charge is 0.148 e. The molecular weight excluding hydrogens is 669 g/mol. The van der Waals surface area contributed by atoms with Gasteiger partial charge in [-0.2, -0.15) is 0 Å². The number of hydrogen-bond acceptors (Lipinski definition) is 4. The predicted octanol–water partition coefficient (Wildman–Crippen LogP) is 13.4. The number of benzene rings is 3. The summed E-state index contributed by atoms with van der Waals surface area (Å²) in [5.41, 5.74) is 12.7. The van der Waals surface area contributed by atoms with Crippen molar-refractivity contribution in [1.29, 1.82) is 0 Å². The van der Waals surface area contributed by atoms with Crippen molar-refractivity contribution in [3.05, 3.63) is 112 Å². The lowest BCUT2D eigenvalue weighted by Gasteiger charge is -2.36. The molecule has 2 heterocycles. The lowest BCUT2D eigenvalue weighted by Crippen LogP contribution is -2.44. The second-order valence-electron chi connectivity index (χ2n) is 17.9. The average molecular weight is 739 g/mol. The summed E-state index contributed by atoms with van der Waals surface area (Å²) in [5, 5.41) is 3.88. The van der Waals surface area contributed by atoms with Gasteiger partial charge >= 0.3 is 0 Å². The van der Waals surface area contributed by atoms with Crippen LogP contribution in [0.15, 0.2) is 94.4 Å². The fourth-order valence-electron chi connectivity index (χ4n) is 9.21. The van der Waals surface area contributed by atoms with Crippen LogP contribution in [0.2, 0.25) is 0 Å². The molecule has 0 saturated heterocycles. The third-order valence-electron chi connectivity index (χ3n) is 12.3. The van der Waals surface area contributed by atoms with E-state index in [-0.39, 0.29) is 17.0 Å². The minimum Gasteiger partial charge on any atom is -0.381 e. The maximum Gasteiger partial charge on any atom is 0.148 e. The van der Waals surface area contributed by atoms with Crippen molar-refractivity contribution in [2.24, 2.45) is 15.4 Å². The number of unbranched alkanes of at least 4 members (excludes halogenated alkanes) is 10. The molecule has 0 saturated carbocycles. The maximum absolute atomic E-state index is 5.27. The molecule has 294 valence electrons. The van der Waals surface area contributed by atoms with Gasteiger partial charge in [0.15, 0.2) is 0 Å². The number of dihydropyridines is 1. The van der Waals surface area contributed by atoms with Crippen molar-refractivity contribution in [3.8, 4) is 11.1 Å². The molecule has 1 unspecified atom stereocenters. The number of likely N-dealkylation sites (N-methyl/N-ethyl adjacent to an activating group) is 1. The molecule has 0 spiro atoms. The van der Waals surface area contributed by atoms with Gasteiger partial charge in [-0.05, 0) is 75.8 Å². The predicted molar refractivity (Wildman–Crippen MR) is 238 cm³/mol. The van der Waals surface area contributed by atoms with Gasteiger partial charge in [-0.15, -0.1) is 0 Å². The molecule has 4 heteroatoms. The molecule has 1 N–H and O–H groups in total. The molecular formula is C51H70N4. The van der Waals surface area contributed by atoms with E-state index in [1.165, 1.54) is 123 Å². The second-order valence-corrected chi connectivity index (χ2v) is 17.9. The van der Waals surface area contributed by atoms with Crippen LogP contribution in [0, 0.1) is 5.41 Å².